The van der Waals surface area contributed by atoms with Gasteiger partial charge in [0.1, 0.15) is 6.04 Å². The molecular weight excluding hydrogens is 234 g/mol. The molecule has 5 nitrogen and oxygen atoms in total. The summed E-state index contributed by atoms with van der Waals surface area (Å²) in [6.07, 6.45) is 0.435. The van der Waals surface area contributed by atoms with Gasteiger partial charge in [-0.05, 0) is 31.1 Å². The molecule has 106 valence electrons. The molecule has 0 saturated carbocycles. The normalized spacial score (nSPS) is 14.6. The van der Waals surface area contributed by atoms with Crippen molar-refractivity contribution in [1.82, 2.24) is 0 Å². The first-order valence-corrected chi connectivity index (χ1v) is 6.42. The summed E-state index contributed by atoms with van der Waals surface area (Å²) in [4.78, 5) is 22.6. The standard InChI is InChI=1S/C13H25NO4/c1-8(2)5-6-11(12(15)16)18-13(17)10(14)7-9(3)4/h8-11H,5-7,14H2,1-4H3,(H,15,16)/t10-,11?/m0/s1. The number of carbonyl (C=O) groups is 2. The van der Waals surface area contributed by atoms with Crippen molar-refractivity contribution >= 4 is 11.9 Å². The van der Waals surface area contributed by atoms with Gasteiger partial charge in [-0.2, -0.15) is 0 Å². The first-order valence-electron chi connectivity index (χ1n) is 6.42. The average molecular weight is 259 g/mol. The van der Waals surface area contributed by atoms with Crippen molar-refractivity contribution in [2.45, 2.75) is 59.1 Å². The van der Waals surface area contributed by atoms with Crippen LogP contribution in [0.15, 0.2) is 0 Å². The number of carbonyl (C=O) groups excluding carboxylic acids is 1. The summed E-state index contributed by atoms with van der Waals surface area (Å²) in [5.74, 6) is -1.10. The van der Waals surface area contributed by atoms with Gasteiger partial charge in [-0.1, -0.05) is 27.7 Å². The van der Waals surface area contributed by atoms with Crippen LogP contribution in [0.1, 0.15) is 47.0 Å². The number of hydrogen-bond donors (Lipinski definition) is 2. The molecule has 3 N–H and O–H groups in total. The quantitative estimate of drug-likeness (QED) is 0.649. The number of rotatable bonds is 8. The summed E-state index contributed by atoms with van der Waals surface area (Å²) in [6, 6.07) is -0.745. The molecule has 0 aromatic heterocycles. The lowest BCUT2D eigenvalue weighted by Crippen LogP contribution is -2.38. The van der Waals surface area contributed by atoms with E-state index in [1.165, 1.54) is 0 Å². The Balaban J connectivity index is 4.31. The molecule has 0 saturated heterocycles. The van der Waals surface area contributed by atoms with Crippen LogP contribution < -0.4 is 5.73 Å². The Morgan fingerprint density at radius 2 is 1.67 bits per heavy atom. The molecule has 0 aromatic rings. The lowest BCUT2D eigenvalue weighted by molar-refractivity contribution is -0.165. The van der Waals surface area contributed by atoms with E-state index in [2.05, 4.69) is 0 Å². The van der Waals surface area contributed by atoms with Crippen molar-refractivity contribution in [2.24, 2.45) is 17.6 Å². The zero-order valence-electron chi connectivity index (χ0n) is 11.7. The molecule has 0 aliphatic rings. The summed E-state index contributed by atoms with van der Waals surface area (Å²) in [5, 5.41) is 8.98. The Morgan fingerprint density at radius 3 is 2.06 bits per heavy atom. The molecule has 0 aliphatic carbocycles. The van der Waals surface area contributed by atoms with Crippen molar-refractivity contribution in [3.63, 3.8) is 0 Å². The smallest absolute Gasteiger partial charge is 0.345 e. The molecule has 0 aromatic carbocycles. The van der Waals surface area contributed by atoms with Gasteiger partial charge >= 0.3 is 11.9 Å². The molecule has 1 unspecified atom stereocenters. The number of hydrogen-bond acceptors (Lipinski definition) is 4. The Kier molecular flexibility index (Phi) is 7.59. The molecule has 2 atom stereocenters. The topological polar surface area (TPSA) is 89.6 Å². The fraction of sp³-hybridized carbons (Fsp3) is 0.846. The molecule has 0 fully saturated rings. The maximum Gasteiger partial charge on any atom is 0.345 e. The van der Waals surface area contributed by atoms with Crippen LogP contribution in [0, 0.1) is 11.8 Å². The van der Waals surface area contributed by atoms with E-state index in [4.69, 9.17) is 15.6 Å². The largest absolute Gasteiger partial charge is 0.479 e. The monoisotopic (exact) mass is 259 g/mol. The van der Waals surface area contributed by atoms with Crippen LogP contribution in [0.5, 0.6) is 0 Å². The summed E-state index contributed by atoms with van der Waals surface area (Å²) in [6.45, 7) is 7.87. The molecule has 5 heteroatoms. The third-order valence-corrected chi connectivity index (χ3v) is 2.57. The van der Waals surface area contributed by atoms with Crippen LogP contribution in [-0.4, -0.2) is 29.2 Å². The lowest BCUT2D eigenvalue weighted by Gasteiger charge is -2.18. The second-order valence-electron chi connectivity index (χ2n) is 5.47. The van der Waals surface area contributed by atoms with E-state index in [0.29, 0.717) is 25.2 Å². The number of nitrogens with two attached hydrogens (primary N) is 1. The number of ether oxygens (including phenoxy) is 1. The van der Waals surface area contributed by atoms with Gasteiger partial charge in [0.15, 0.2) is 6.10 Å². The highest BCUT2D eigenvalue weighted by molar-refractivity contribution is 5.80. The maximum absolute atomic E-state index is 11.6. The van der Waals surface area contributed by atoms with E-state index < -0.39 is 24.1 Å². The number of carboxylic acid groups (broad SMARTS) is 1. The van der Waals surface area contributed by atoms with E-state index in [9.17, 15) is 9.59 Å². The summed E-state index contributed by atoms with van der Waals surface area (Å²) in [5.41, 5.74) is 5.66. The maximum atomic E-state index is 11.6. The third-order valence-electron chi connectivity index (χ3n) is 2.57. The van der Waals surface area contributed by atoms with E-state index in [0.717, 1.165) is 0 Å². The van der Waals surface area contributed by atoms with Gasteiger partial charge in [0.05, 0.1) is 0 Å². The van der Waals surface area contributed by atoms with Gasteiger partial charge in [0, 0.05) is 0 Å². The lowest BCUT2D eigenvalue weighted by atomic mass is 10.0. The van der Waals surface area contributed by atoms with E-state index >= 15 is 0 Å². The highest BCUT2D eigenvalue weighted by atomic mass is 16.6. The van der Waals surface area contributed by atoms with Gasteiger partial charge in [-0.25, -0.2) is 4.79 Å². The minimum Gasteiger partial charge on any atom is -0.479 e. The fourth-order valence-corrected chi connectivity index (χ4v) is 1.55. The average Bonchev–Trinajstić information content (AvgIpc) is 2.21. The molecule has 0 heterocycles. The highest BCUT2D eigenvalue weighted by Crippen LogP contribution is 2.12. The van der Waals surface area contributed by atoms with Crippen LogP contribution in [0.3, 0.4) is 0 Å². The molecule has 0 aliphatic heterocycles. The SMILES string of the molecule is CC(C)CCC(OC(=O)[C@@H](N)CC(C)C)C(=O)O. The van der Waals surface area contributed by atoms with Crippen LogP contribution in [0.25, 0.3) is 0 Å². The fourth-order valence-electron chi connectivity index (χ4n) is 1.55. The first-order chi connectivity index (χ1) is 8.23. The Bertz CT molecular complexity index is 276. The zero-order chi connectivity index (χ0) is 14.3. The Morgan fingerprint density at radius 1 is 1.11 bits per heavy atom. The second-order valence-corrected chi connectivity index (χ2v) is 5.47. The van der Waals surface area contributed by atoms with Crippen LogP contribution >= 0.6 is 0 Å². The van der Waals surface area contributed by atoms with Gasteiger partial charge in [-0.3, -0.25) is 4.79 Å². The molecule has 0 amide bonds. The predicted octanol–water partition coefficient (Wildman–Crippen LogP) is 1.79. The molecule has 0 radical (unpaired) electrons. The van der Waals surface area contributed by atoms with Crippen molar-refractivity contribution in [3.05, 3.63) is 0 Å². The van der Waals surface area contributed by atoms with Crippen LogP contribution in [0.4, 0.5) is 0 Å². The summed E-state index contributed by atoms with van der Waals surface area (Å²) < 4.78 is 4.96. The zero-order valence-corrected chi connectivity index (χ0v) is 11.7. The van der Waals surface area contributed by atoms with Crippen molar-refractivity contribution in [2.75, 3.05) is 0 Å². The van der Waals surface area contributed by atoms with Gasteiger partial charge in [0.25, 0.3) is 0 Å². The number of esters is 1. The second kappa shape index (κ2) is 8.08. The van der Waals surface area contributed by atoms with Crippen molar-refractivity contribution in [1.29, 1.82) is 0 Å². The minimum atomic E-state index is -1.11. The van der Waals surface area contributed by atoms with E-state index in [1.807, 2.05) is 27.7 Å². The molecule has 18 heavy (non-hydrogen) atoms. The first kappa shape index (κ1) is 16.9. The minimum absolute atomic E-state index is 0.270. The van der Waals surface area contributed by atoms with E-state index in [-0.39, 0.29) is 5.92 Å². The predicted molar refractivity (Wildman–Crippen MR) is 69.0 cm³/mol. The van der Waals surface area contributed by atoms with Gasteiger partial charge in [0.2, 0.25) is 0 Å². The van der Waals surface area contributed by atoms with Crippen molar-refractivity contribution in [3.8, 4) is 0 Å². The van der Waals surface area contributed by atoms with Gasteiger partial charge < -0.3 is 15.6 Å². The molecule has 0 bridgehead atoms. The van der Waals surface area contributed by atoms with Crippen molar-refractivity contribution < 1.29 is 19.4 Å². The Hall–Kier alpha value is -1.10. The summed E-state index contributed by atoms with van der Waals surface area (Å²) >= 11 is 0. The number of aliphatic carboxylic acids is 1. The highest BCUT2D eigenvalue weighted by Gasteiger charge is 2.25. The molecule has 0 spiro atoms. The summed E-state index contributed by atoms with van der Waals surface area (Å²) in [7, 11) is 0. The van der Waals surface area contributed by atoms with Crippen LogP contribution in [0.2, 0.25) is 0 Å². The molecule has 0 rings (SSSR count). The third kappa shape index (κ3) is 7.27. The number of carboxylic acids is 1. The Labute approximate surface area is 109 Å². The van der Waals surface area contributed by atoms with E-state index in [1.54, 1.807) is 0 Å². The molecular formula is C13H25NO4. The van der Waals surface area contributed by atoms with Gasteiger partial charge in [-0.15, -0.1) is 0 Å². The van der Waals surface area contributed by atoms with Crippen LogP contribution in [-0.2, 0) is 14.3 Å².